The number of carbonyl (C=O) groups is 1. The third kappa shape index (κ3) is 3.13. The molecule has 0 aliphatic carbocycles. The molecule has 1 unspecified atom stereocenters. The largest absolute Gasteiger partial charge is 0.370 e. The lowest BCUT2D eigenvalue weighted by Gasteiger charge is -2.21. The maximum atomic E-state index is 12.9. The fourth-order valence-electron chi connectivity index (χ4n) is 2.15. The van der Waals surface area contributed by atoms with Gasteiger partial charge in [-0.05, 0) is 49.4 Å². The number of hydrogen-bond donors (Lipinski definition) is 0. The van der Waals surface area contributed by atoms with Crippen molar-refractivity contribution in [2.24, 2.45) is 0 Å². The van der Waals surface area contributed by atoms with Crippen molar-refractivity contribution in [2.45, 2.75) is 38.7 Å². The third-order valence-corrected chi connectivity index (χ3v) is 3.21. The summed E-state index contributed by atoms with van der Waals surface area (Å²) in [6.45, 7) is 2.51. The van der Waals surface area contributed by atoms with E-state index in [0.717, 1.165) is 30.4 Å². The summed E-state index contributed by atoms with van der Waals surface area (Å²) in [5, 5.41) is 0. The van der Waals surface area contributed by atoms with E-state index in [9.17, 15) is 9.18 Å². The zero-order chi connectivity index (χ0) is 12.3. The van der Waals surface area contributed by atoms with Crippen LogP contribution in [0.3, 0.4) is 0 Å². The van der Waals surface area contributed by atoms with Gasteiger partial charge in [-0.25, -0.2) is 4.39 Å². The number of hydrogen-bond acceptors (Lipinski definition) is 2. The molecule has 0 aromatic heterocycles. The van der Waals surface area contributed by atoms with E-state index < -0.39 is 0 Å². The van der Waals surface area contributed by atoms with Crippen LogP contribution in [0.15, 0.2) is 18.2 Å². The number of Topliss-reactive ketones (excluding diaryl/α,β-unsaturated/α-hetero) is 1. The Labute approximate surface area is 101 Å². The van der Waals surface area contributed by atoms with Crippen LogP contribution in [0.5, 0.6) is 0 Å². The second-order valence-corrected chi connectivity index (χ2v) is 4.57. The molecule has 1 saturated heterocycles. The summed E-state index contributed by atoms with van der Waals surface area (Å²) >= 11 is 0. The fraction of sp³-hybridized carbons (Fsp3) is 0.500. The van der Waals surface area contributed by atoms with Crippen molar-refractivity contribution in [3.63, 3.8) is 0 Å². The van der Waals surface area contributed by atoms with Gasteiger partial charge >= 0.3 is 0 Å². The van der Waals surface area contributed by atoms with Crippen LogP contribution in [0.25, 0.3) is 0 Å². The molecule has 92 valence electrons. The van der Waals surface area contributed by atoms with E-state index in [1.807, 2.05) is 6.92 Å². The standard InChI is InChI=1S/C14H17FO2/c1-10-8-12(15)6-5-11(10)9-13(16)14-4-2-3-7-17-14/h5-6,8,14H,2-4,7,9H2,1H3. The summed E-state index contributed by atoms with van der Waals surface area (Å²) in [6, 6.07) is 4.55. The van der Waals surface area contributed by atoms with Crippen molar-refractivity contribution in [3.8, 4) is 0 Å². The number of carbonyl (C=O) groups excluding carboxylic acids is 1. The lowest BCUT2D eigenvalue weighted by atomic mass is 9.97. The Morgan fingerprint density at radius 3 is 2.94 bits per heavy atom. The summed E-state index contributed by atoms with van der Waals surface area (Å²) in [4.78, 5) is 12.0. The molecule has 0 amide bonds. The molecule has 1 atom stereocenters. The molecule has 0 spiro atoms. The first-order valence-corrected chi connectivity index (χ1v) is 6.06. The van der Waals surface area contributed by atoms with Gasteiger partial charge < -0.3 is 4.74 Å². The number of halogens is 1. The molecule has 1 fully saturated rings. The average Bonchev–Trinajstić information content (AvgIpc) is 2.34. The highest BCUT2D eigenvalue weighted by atomic mass is 19.1. The van der Waals surface area contributed by atoms with Crippen LogP contribution in [-0.4, -0.2) is 18.5 Å². The van der Waals surface area contributed by atoms with Gasteiger partial charge in [-0.1, -0.05) is 6.07 Å². The topological polar surface area (TPSA) is 26.3 Å². The molecule has 2 rings (SSSR count). The molecule has 1 aromatic rings. The van der Waals surface area contributed by atoms with Gasteiger partial charge in [0, 0.05) is 13.0 Å². The molecule has 0 bridgehead atoms. The highest BCUT2D eigenvalue weighted by Gasteiger charge is 2.22. The predicted molar refractivity (Wildman–Crippen MR) is 63.4 cm³/mol. The van der Waals surface area contributed by atoms with Gasteiger partial charge in [0.05, 0.1) is 0 Å². The quantitative estimate of drug-likeness (QED) is 0.806. The van der Waals surface area contributed by atoms with E-state index in [4.69, 9.17) is 4.74 Å². The number of benzene rings is 1. The van der Waals surface area contributed by atoms with Gasteiger partial charge in [0.2, 0.25) is 0 Å². The molecule has 17 heavy (non-hydrogen) atoms. The molecule has 3 heteroatoms. The zero-order valence-electron chi connectivity index (χ0n) is 10.0. The Morgan fingerprint density at radius 2 is 2.29 bits per heavy atom. The summed E-state index contributed by atoms with van der Waals surface area (Å²) < 4.78 is 18.4. The Hall–Kier alpha value is -1.22. The molecule has 1 aromatic carbocycles. The van der Waals surface area contributed by atoms with Gasteiger partial charge in [-0.3, -0.25) is 4.79 Å². The minimum atomic E-state index is -0.257. The molecule has 0 saturated carbocycles. The van der Waals surface area contributed by atoms with Crippen LogP contribution in [0, 0.1) is 12.7 Å². The zero-order valence-corrected chi connectivity index (χ0v) is 10.0. The molecule has 1 aliphatic heterocycles. The monoisotopic (exact) mass is 236 g/mol. The van der Waals surface area contributed by atoms with Crippen LogP contribution < -0.4 is 0 Å². The SMILES string of the molecule is Cc1cc(F)ccc1CC(=O)C1CCCCO1. The van der Waals surface area contributed by atoms with Gasteiger partial charge in [0.1, 0.15) is 11.9 Å². The van der Waals surface area contributed by atoms with Crippen LogP contribution >= 0.6 is 0 Å². The number of aryl methyl sites for hydroxylation is 1. The van der Waals surface area contributed by atoms with Crippen molar-refractivity contribution >= 4 is 5.78 Å². The lowest BCUT2D eigenvalue weighted by molar-refractivity contribution is -0.132. The van der Waals surface area contributed by atoms with Crippen LogP contribution in [0.4, 0.5) is 4.39 Å². The lowest BCUT2D eigenvalue weighted by Crippen LogP contribution is -2.29. The Kier molecular flexibility index (Phi) is 3.89. The first-order chi connectivity index (χ1) is 8.16. The van der Waals surface area contributed by atoms with Crippen LogP contribution in [0.1, 0.15) is 30.4 Å². The third-order valence-electron chi connectivity index (χ3n) is 3.21. The van der Waals surface area contributed by atoms with Gasteiger partial charge in [0.15, 0.2) is 5.78 Å². The Balaban J connectivity index is 2.02. The Morgan fingerprint density at radius 1 is 1.47 bits per heavy atom. The average molecular weight is 236 g/mol. The summed E-state index contributed by atoms with van der Waals surface area (Å²) in [7, 11) is 0. The van der Waals surface area contributed by atoms with Crippen molar-refractivity contribution in [2.75, 3.05) is 6.61 Å². The van der Waals surface area contributed by atoms with E-state index in [1.54, 1.807) is 6.07 Å². The minimum absolute atomic E-state index is 0.111. The van der Waals surface area contributed by atoms with E-state index in [0.29, 0.717) is 13.0 Å². The highest BCUT2D eigenvalue weighted by Crippen LogP contribution is 2.17. The van der Waals surface area contributed by atoms with Crippen molar-refractivity contribution < 1.29 is 13.9 Å². The highest BCUT2D eigenvalue weighted by molar-refractivity contribution is 5.85. The molecule has 0 radical (unpaired) electrons. The maximum absolute atomic E-state index is 12.9. The van der Waals surface area contributed by atoms with Crippen molar-refractivity contribution in [3.05, 3.63) is 35.1 Å². The molecular formula is C14H17FO2. The number of ether oxygens (including phenoxy) is 1. The maximum Gasteiger partial charge on any atom is 0.165 e. The molecular weight excluding hydrogens is 219 g/mol. The van der Waals surface area contributed by atoms with Crippen molar-refractivity contribution in [1.82, 2.24) is 0 Å². The smallest absolute Gasteiger partial charge is 0.165 e. The fourth-order valence-corrected chi connectivity index (χ4v) is 2.15. The van der Waals surface area contributed by atoms with Crippen LogP contribution in [-0.2, 0) is 16.0 Å². The summed E-state index contributed by atoms with van der Waals surface area (Å²) in [5.41, 5.74) is 1.72. The Bertz CT molecular complexity index is 409. The second kappa shape index (κ2) is 5.41. The predicted octanol–water partition coefficient (Wildman–Crippen LogP) is 2.81. The molecule has 1 heterocycles. The normalized spacial score (nSPS) is 20.2. The first-order valence-electron chi connectivity index (χ1n) is 6.06. The molecule has 2 nitrogen and oxygen atoms in total. The number of ketones is 1. The van der Waals surface area contributed by atoms with E-state index in [-0.39, 0.29) is 17.7 Å². The second-order valence-electron chi connectivity index (χ2n) is 4.57. The molecule has 1 aliphatic rings. The first kappa shape index (κ1) is 12.2. The molecule has 0 N–H and O–H groups in total. The minimum Gasteiger partial charge on any atom is -0.370 e. The summed E-state index contributed by atoms with van der Waals surface area (Å²) in [5.74, 6) is -0.146. The van der Waals surface area contributed by atoms with Gasteiger partial charge in [-0.2, -0.15) is 0 Å². The number of rotatable bonds is 3. The van der Waals surface area contributed by atoms with E-state index in [1.165, 1.54) is 12.1 Å². The van der Waals surface area contributed by atoms with Gasteiger partial charge in [0.25, 0.3) is 0 Å². The van der Waals surface area contributed by atoms with Gasteiger partial charge in [-0.15, -0.1) is 0 Å². The summed E-state index contributed by atoms with van der Waals surface area (Å²) in [6.07, 6.45) is 3.00. The van der Waals surface area contributed by atoms with Crippen molar-refractivity contribution in [1.29, 1.82) is 0 Å². The van der Waals surface area contributed by atoms with Crippen LogP contribution in [0.2, 0.25) is 0 Å². The van der Waals surface area contributed by atoms with E-state index in [2.05, 4.69) is 0 Å². The van der Waals surface area contributed by atoms with E-state index >= 15 is 0 Å².